The van der Waals surface area contributed by atoms with Crippen LogP contribution in [0, 0.1) is 5.92 Å². The summed E-state index contributed by atoms with van der Waals surface area (Å²) in [6.07, 6.45) is 0. The van der Waals surface area contributed by atoms with E-state index in [2.05, 4.69) is 5.32 Å². The van der Waals surface area contributed by atoms with Crippen molar-refractivity contribution in [3.05, 3.63) is 23.8 Å². The van der Waals surface area contributed by atoms with Crippen LogP contribution in [0.2, 0.25) is 0 Å². The lowest BCUT2D eigenvalue weighted by atomic mass is 10.1. The van der Waals surface area contributed by atoms with E-state index in [1.54, 1.807) is 23.1 Å². The number of rotatable bonds is 6. The summed E-state index contributed by atoms with van der Waals surface area (Å²) < 4.78 is 0. The van der Waals surface area contributed by atoms with Gasteiger partial charge in [-0.3, -0.25) is 9.59 Å². The maximum atomic E-state index is 11.8. The quantitative estimate of drug-likeness (QED) is 0.613. The molecule has 0 heterocycles. The van der Waals surface area contributed by atoms with Gasteiger partial charge in [0, 0.05) is 30.5 Å². The van der Waals surface area contributed by atoms with Gasteiger partial charge in [-0.15, -0.1) is 0 Å². The molecule has 0 bridgehead atoms. The zero-order valence-electron chi connectivity index (χ0n) is 12.6. The number of Topliss-reactive ketones (excluding diaryl/α,β-unsaturated/α-hetero) is 1. The Labute approximate surface area is 120 Å². The first-order chi connectivity index (χ1) is 9.31. The second-order valence-electron chi connectivity index (χ2n) is 5.38. The molecule has 0 unspecified atom stereocenters. The summed E-state index contributed by atoms with van der Waals surface area (Å²) in [6, 6.07) is 5.20. The summed E-state index contributed by atoms with van der Waals surface area (Å²) >= 11 is 0. The number of nitrogens with two attached hydrogens (primary N) is 1. The number of ketones is 1. The molecule has 0 fully saturated rings. The number of nitrogens with one attached hydrogen (secondary N) is 1. The van der Waals surface area contributed by atoms with Crippen LogP contribution in [-0.2, 0) is 4.79 Å². The molecular weight excluding hydrogens is 254 g/mol. The first kappa shape index (κ1) is 16.0. The van der Waals surface area contributed by atoms with Crippen molar-refractivity contribution in [1.29, 1.82) is 0 Å². The maximum absolute atomic E-state index is 11.8. The fourth-order valence-electron chi connectivity index (χ4n) is 1.79. The Morgan fingerprint density at radius 1 is 1.35 bits per heavy atom. The second kappa shape index (κ2) is 6.93. The lowest BCUT2D eigenvalue weighted by Gasteiger charge is -2.20. The van der Waals surface area contributed by atoms with Crippen LogP contribution in [0.1, 0.15) is 31.1 Å². The molecule has 110 valence electrons. The van der Waals surface area contributed by atoms with Gasteiger partial charge in [0.25, 0.3) is 0 Å². The Hall–Kier alpha value is -2.04. The minimum Gasteiger partial charge on any atom is -0.398 e. The second-order valence-corrected chi connectivity index (χ2v) is 5.38. The van der Waals surface area contributed by atoms with Crippen molar-refractivity contribution in [2.24, 2.45) is 5.92 Å². The van der Waals surface area contributed by atoms with E-state index in [9.17, 15) is 9.59 Å². The van der Waals surface area contributed by atoms with Crippen LogP contribution in [0.5, 0.6) is 0 Å². The van der Waals surface area contributed by atoms with E-state index >= 15 is 0 Å². The fourth-order valence-corrected chi connectivity index (χ4v) is 1.79. The zero-order chi connectivity index (χ0) is 15.3. The summed E-state index contributed by atoms with van der Waals surface area (Å²) in [5, 5.41) is 2.86. The number of carbonyl (C=O) groups excluding carboxylic acids is 2. The molecule has 0 atom stereocenters. The number of nitrogen functional groups attached to an aromatic ring is 1. The van der Waals surface area contributed by atoms with Crippen molar-refractivity contribution < 1.29 is 9.59 Å². The molecule has 3 N–H and O–H groups in total. The number of carbonyl (C=O) groups is 2. The molecule has 5 nitrogen and oxygen atoms in total. The Morgan fingerprint density at radius 2 is 2.00 bits per heavy atom. The highest BCUT2D eigenvalue weighted by molar-refractivity contribution is 5.99. The number of amides is 1. The van der Waals surface area contributed by atoms with Gasteiger partial charge in [-0.25, -0.2) is 0 Å². The van der Waals surface area contributed by atoms with Gasteiger partial charge in [0.15, 0.2) is 5.78 Å². The Bertz CT molecular complexity index is 498. The molecule has 0 saturated carbocycles. The van der Waals surface area contributed by atoms with Gasteiger partial charge in [-0.1, -0.05) is 13.8 Å². The van der Waals surface area contributed by atoms with Crippen molar-refractivity contribution in [1.82, 2.24) is 5.32 Å². The highest BCUT2D eigenvalue weighted by atomic mass is 16.2. The molecular formula is C15H23N3O2. The summed E-state index contributed by atoms with van der Waals surface area (Å²) in [7, 11) is 1.82. The van der Waals surface area contributed by atoms with Crippen molar-refractivity contribution in [3.8, 4) is 0 Å². The monoisotopic (exact) mass is 277 g/mol. The molecule has 0 aliphatic heterocycles. The lowest BCUT2D eigenvalue weighted by molar-refractivity contribution is -0.119. The predicted molar refractivity (Wildman–Crippen MR) is 82.0 cm³/mol. The topological polar surface area (TPSA) is 75.4 Å². The van der Waals surface area contributed by atoms with E-state index in [1.807, 2.05) is 20.9 Å². The third-order valence-electron chi connectivity index (χ3n) is 2.94. The number of likely N-dealkylation sites (N-methyl/N-ethyl adjacent to an activating group) is 1. The van der Waals surface area contributed by atoms with E-state index in [0.717, 1.165) is 5.69 Å². The first-order valence-corrected chi connectivity index (χ1v) is 6.69. The normalized spacial score (nSPS) is 10.4. The molecule has 0 aliphatic carbocycles. The van der Waals surface area contributed by atoms with Crippen molar-refractivity contribution in [3.63, 3.8) is 0 Å². The molecule has 0 aromatic heterocycles. The molecule has 0 radical (unpaired) electrons. The van der Waals surface area contributed by atoms with Crippen molar-refractivity contribution >= 4 is 23.1 Å². The minimum absolute atomic E-state index is 0.0320. The maximum Gasteiger partial charge on any atom is 0.239 e. The van der Waals surface area contributed by atoms with Gasteiger partial charge in [-0.05, 0) is 31.0 Å². The lowest BCUT2D eigenvalue weighted by Crippen LogP contribution is -2.36. The standard InChI is InChI=1S/C15H23N3O2/c1-10(2)8-17-15(20)9-18(4)12-5-6-13(11(3)19)14(16)7-12/h5-7,10H,8-9,16H2,1-4H3,(H,17,20). The van der Waals surface area contributed by atoms with E-state index in [0.29, 0.717) is 23.7 Å². The number of benzene rings is 1. The first-order valence-electron chi connectivity index (χ1n) is 6.69. The summed E-state index contributed by atoms with van der Waals surface area (Å²) in [5.41, 5.74) is 7.59. The Balaban J connectivity index is 2.68. The molecule has 0 saturated heterocycles. The van der Waals surface area contributed by atoms with Gasteiger partial charge in [0.05, 0.1) is 6.54 Å². The predicted octanol–water partition coefficient (Wildman–Crippen LogP) is 1.68. The van der Waals surface area contributed by atoms with Crippen LogP contribution in [0.3, 0.4) is 0 Å². The van der Waals surface area contributed by atoms with Gasteiger partial charge in [0.1, 0.15) is 0 Å². The molecule has 1 rings (SSSR count). The minimum atomic E-state index is -0.0635. The van der Waals surface area contributed by atoms with Crippen LogP contribution in [-0.4, -0.2) is 31.8 Å². The van der Waals surface area contributed by atoms with Crippen molar-refractivity contribution in [2.45, 2.75) is 20.8 Å². The van der Waals surface area contributed by atoms with E-state index in [1.165, 1.54) is 6.92 Å². The summed E-state index contributed by atoms with van der Waals surface area (Å²) in [4.78, 5) is 24.9. The summed E-state index contributed by atoms with van der Waals surface area (Å²) in [5.74, 6) is 0.330. The SMILES string of the molecule is CC(=O)c1ccc(N(C)CC(=O)NCC(C)C)cc1N. The largest absolute Gasteiger partial charge is 0.398 e. The molecule has 1 amide bonds. The average molecular weight is 277 g/mol. The van der Waals surface area contributed by atoms with Gasteiger partial charge in [0.2, 0.25) is 5.91 Å². The highest BCUT2D eigenvalue weighted by Gasteiger charge is 2.10. The summed E-state index contributed by atoms with van der Waals surface area (Å²) in [6.45, 7) is 6.49. The molecule has 20 heavy (non-hydrogen) atoms. The zero-order valence-corrected chi connectivity index (χ0v) is 12.6. The van der Waals surface area contributed by atoms with Gasteiger partial charge in [-0.2, -0.15) is 0 Å². The highest BCUT2D eigenvalue weighted by Crippen LogP contribution is 2.20. The molecule has 1 aromatic carbocycles. The number of hydrogen-bond acceptors (Lipinski definition) is 4. The molecule has 5 heteroatoms. The molecule has 0 spiro atoms. The van der Waals surface area contributed by atoms with Gasteiger partial charge < -0.3 is 16.0 Å². The van der Waals surface area contributed by atoms with Gasteiger partial charge >= 0.3 is 0 Å². The molecule has 0 aliphatic rings. The Kier molecular flexibility index (Phi) is 5.55. The average Bonchev–Trinajstić information content (AvgIpc) is 2.35. The van der Waals surface area contributed by atoms with E-state index in [-0.39, 0.29) is 18.2 Å². The fraction of sp³-hybridized carbons (Fsp3) is 0.467. The van der Waals surface area contributed by atoms with Crippen LogP contribution < -0.4 is 16.0 Å². The number of hydrogen-bond donors (Lipinski definition) is 2. The van der Waals surface area contributed by atoms with Crippen LogP contribution >= 0.6 is 0 Å². The van der Waals surface area contributed by atoms with Crippen molar-refractivity contribution in [2.75, 3.05) is 30.8 Å². The van der Waals surface area contributed by atoms with Crippen LogP contribution in [0.25, 0.3) is 0 Å². The third kappa shape index (κ3) is 4.57. The number of nitrogens with zero attached hydrogens (tertiary/aromatic N) is 1. The smallest absolute Gasteiger partial charge is 0.239 e. The third-order valence-corrected chi connectivity index (χ3v) is 2.94. The Morgan fingerprint density at radius 3 is 2.50 bits per heavy atom. The van der Waals surface area contributed by atoms with E-state index in [4.69, 9.17) is 5.73 Å². The molecule has 1 aromatic rings. The number of anilines is 2. The van der Waals surface area contributed by atoms with Crippen LogP contribution in [0.4, 0.5) is 11.4 Å². The van der Waals surface area contributed by atoms with Crippen LogP contribution in [0.15, 0.2) is 18.2 Å². The van der Waals surface area contributed by atoms with E-state index < -0.39 is 0 Å².